The normalized spacial score (nSPS) is 9.92. The highest BCUT2D eigenvalue weighted by molar-refractivity contribution is 5.98. The minimum atomic E-state index is -1.05. The van der Waals surface area contributed by atoms with Crippen LogP contribution in [0.4, 0.5) is 17.1 Å². The SMILES string of the molecule is O=C(COC(=O)c1ccccc1[N+](=O)[O-])Nc1ccccc1[N+](=O)[O-]. The van der Waals surface area contributed by atoms with E-state index in [1.54, 1.807) is 0 Å². The van der Waals surface area contributed by atoms with E-state index in [-0.39, 0.29) is 16.9 Å². The van der Waals surface area contributed by atoms with Crippen molar-refractivity contribution in [3.05, 3.63) is 74.3 Å². The predicted octanol–water partition coefficient (Wildman–Crippen LogP) is 2.30. The van der Waals surface area contributed by atoms with Crippen molar-refractivity contribution in [2.45, 2.75) is 0 Å². The number of para-hydroxylation sites is 3. The van der Waals surface area contributed by atoms with Crippen molar-refractivity contribution in [3.63, 3.8) is 0 Å². The highest BCUT2D eigenvalue weighted by Gasteiger charge is 2.22. The molecule has 0 heterocycles. The van der Waals surface area contributed by atoms with Crippen LogP contribution in [-0.2, 0) is 9.53 Å². The van der Waals surface area contributed by atoms with E-state index in [9.17, 15) is 29.8 Å². The van der Waals surface area contributed by atoms with Crippen LogP contribution >= 0.6 is 0 Å². The topological polar surface area (TPSA) is 142 Å². The van der Waals surface area contributed by atoms with Crippen molar-refractivity contribution in [2.24, 2.45) is 0 Å². The van der Waals surface area contributed by atoms with E-state index in [1.807, 2.05) is 0 Å². The summed E-state index contributed by atoms with van der Waals surface area (Å²) in [5, 5.41) is 24.0. The molecule has 2 aromatic carbocycles. The number of hydrogen-bond donors (Lipinski definition) is 1. The lowest BCUT2D eigenvalue weighted by Gasteiger charge is -2.07. The Balaban J connectivity index is 2.03. The molecule has 0 bridgehead atoms. The smallest absolute Gasteiger partial charge is 0.345 e. The van der Waals surface area contributed by atoms with Crippen molar-refractivity contribution < 1.29 is 24.2 Å². The van der Waals surface area contributed by atoms with E-state index >= 15 is 0 Å². The van der Waals surface area contributed by atoms with E-state index in [2.05, 4.69) is 5.32 Å². The van der Waals surface area contributed by atoms with Gasteiger partial charge in [0.05, 0.1) is 9.85 Å². The molecule has 0 spiro atoms. The Morgan fingerprint density at radius 2 is 1.48 bits per heavy atom. The Morgan fingerprint density at radius 3 is 2.12 bits per heavy atom. The molecule has 0 fully saturated rings. The van der Waals surface area contributed by atoms with Gasteiger partial charge >= 0.3 is 5.97 Å². The molecular formula is C15H11N3O7. The van der Waals surface area contributed by atoms with Crippen LogP contribution in [0.2, 0.25) is 0 Å². The van der Waals surface area contributed by atoms with E-state index < -0.39 is 34.0 Å². The molecule has 0 aromatic heterocycles. The molecule has 25 heavy (non-hydrogen) atoms. The highest BCUT2D eigenvalue weighted by Crippen LogP contribution is 2.23. The molecule has 10 nitrogen and oxygen atoms in total. The molecule has 2 rings (SSSR count). The van der Waals surface area contributed by atoms with Gasteiger partial charge in [0.2, 0.25) is 0 Å². The molecule has 0 saturated carbocycles. The highest BCUT2D eigenvalue weighted by atomic mass is 16.6. The van der Waals surface area contributed by atoms with Crippen LogP contribution in [0.15, 0.2) is 48.5 Å². The number of nitro benzene ring substituents is 2. The zero-order chi connectivity index (χ0) is 18.4. The number of anilines is 1. The Hall–Kier alpha value is -3.82. The summed E-state index contributed by atoms with van der Waals surface area (Å²) in [7, 11) is 0. The third kappa shape index (κ3) is 4.34. The van der Waals surface area contributed by atoms with Crippen molar-refractivity contribution in [1.29, 1.82) is 0 Å². The second-order valence-corrected chi connectivity index (χ2v) is 4.67. The number of nitrogens with one attached hydrogen (secondary N) is 1. The van der Waals surface area contributed by atoms with Crippen molar-refractivity contribution in [1.82, 2.24) is 0 Å². The molecule has 0 saturated heterocycles. The number of benzene rings is 2. The molecule has 10 heteroatoms. The van der Waals surface area contributed by atoms with E-state index in [0.717, 1.165) is 6.07 Å². The standard InChI is InChI=1S/C15H11N3O7/c19-14(16-11-6-2-4-8-13(11)18(23)24)9-25-15(20)10-5-1-3-7-12(10)17(21)22/h1-8H,9H2,(H,16,19). The van der Waals surface area contributed by atoms with Gasteiger partial charge in [0.25, 0.3) is 17.3 Å². The average molecular weight is 345 g/mol. The maximum absolute atomic E-state index is 11.9. The number of amides is 1. The summed E-state index contributed by atoms with van der Waals surface area (Å²) in [5.41, 5.74) is -1.13. The zero-order valence-electron chi connectivity index (χ0n) is 12.6. The number of carbonyl (C=O) groups excluding carboxylic acids is 2. The molecule has 0 aliphatic heterocycles. The first kappa shape index (κ1) is 17.5. The van der Waals surface area contributed by atoms with Crippen LogP contribution in [0, 0.1) is 20.2 Å². The first-order valence-electron chi connectivity index (χ1n) is 6.84. The van der Waals surface area contributed by atoms with Gasteiger partial charge < -0.3 is 10.1 Å². The Kier molecular flexibility index (Phi) is 5.36. The van der Waals surface area contributed by atoms with Gasteiger partial charge in [-0.15, -0.1) is 0 Å². The van der Waals surface area contributed by atoms with Gasteiger partial charge in [-0.25, -0.2) is 4.79 Å². The molecule has 0 radical (unpaired) electrons. The summed E-state index contributed by atoms with van der Waals surface area (Å²) < 4.78 is 4.73. The Labute approximate surface area is 140 Å². The van der Waals surface area contributed by atoms with Crippen molar-refractivity contribution in [3.8, 4) is 0 Å². The summed E-state index contributed by atoms with van der Waals surface area (Å²) in [6.45, 7) is -0.753. The van der Waals surface area contributed by atoms with Gasteiger partial charge in [-0.1, -0.05) is 24.3 Å². The molecule has 128 valence electrons. The first-order chi connectivity index (χ1) is 11.9. The van der Waals surface area contributed by atoms with Crippen LogP contribution in [0.5, 0.6) is 0 Å². The second-order valence-electron chi connectivity index (χ2n) is 4.67. The van der Waals surface area contributed by atoms with Crippen LogP contribution in [0.25, 0.3) is 0 Å². The Bertz CT molecular complexity index is 851. The fourth-order valence-electron chi connectivity index (χ4n) is 1.94. The molecule has 0 aliphatic rings. The monoisotopic (exact) mass is 345 g/mol. The number of nitrogens with zero attached hydrogens (tertiary/aromatic N) is 2. The molecule has 1 N–H and O–H groups in total. The summed E-state index contributed by atoms with van der Waals surface area (Å²) in [4.78, 5) is 44.0. The fourth-order valence-corrected chi connectivity index (χ4v) is 1.94. The summed E-state index contributed by atoms with van der Waals surface area (Å²) >= 11 is 0. The maximum Gasteiger partial charge on any atom is 0.345 e. The van der Waals surface area contributed by atoms with Gasteiger partial charge in [0.1, 0.15) is 11.3 Å². The molecular weight excluding hydrogens is 334 g/mol. The zero-order valence-corrected chi connectivity index (χ0v) is 12.6. The summed E-state index contributed by atoms with van der Waals surface area (Å²) in [5.74, 6) is -1.87. The lowest BCUT2D eigenvalue weighted by molar-refractivity contribution is -0.385. The maximum atomic E-state index is 11.9. The lowest BCUT2D eigenvalue weighted by Crippen LogP contribution is -2.21. The number of nitro groups is 2. The van der Waals surface area contributed by atoms with Gasteiger partial charge in [0, 0.05) is 12.1 Å². The molecule has 1 amide bonds. The second kappa shape index (κ2) is 7.64. The largest absolute Gasteiger partial charge is 0.452 e. The third-order valence-electron chi connectivity index (χ3n) is 3.03. The number of hydrogen-bond acceptors (Lipinski definition) is 7. The van der Waals surface area contributed by atoms with Crippen LogP contribution < -0.4 is 5.32 Å². The predicted molar refractivity (Wildman–Crippen MR) is 85.1 cm³/mol. The number of esters is 1. The number of carbonyl (C=O) groups is 2. The van der Waals surface area contributed by atoms with E-state index in [1.165, 1.54) is 42.5 Å². The quantitative estimate of drug-likeness (QED) is 0.481. The first-order valence-corrected chi connectivity index (χ1v) is 6.84. The molecule has 0 atom stereocenters. The van der Waals surface area contributed by atoms with Crippen molar-refractivity contribution in [2.75, 3.05) is 11.9 Å². The summed E-state index contributed by atoms with van der Waals surface area (Å²) in [6, 6.07) is 10.6. The van der Waals surface area contributed by atoms with Gasteiger partial charge in [-0.3, -0.25) is 25.0 Å². The number of rotatable bonds is 6. The average Bonchev–Trinajstić information content (AvgIpc) is 2.60. The minimum Gasteiger partial charge on any atom is -0.452 e. The third-order valence-corrected chi connectivity index (χ3v) is 3.03. The van der Waals surface area contributed by atoms with Crippen LogP contribution in [0.3, 0.4) is 0 Å². The summed E-state index contributed by atoms with van der Waals surface area (Å²) in [6.07, 6.45) is 0. The van der Waals surface area contributed by atoms with Crippen molar-refractivity contribution >= 4 is 28.9 Å². The van der Waals surface area contributed by atoms with E-state index in [4.69, 9.17) is 4.74 Å². The number of ether oxygens (including phenoxy) is 1. The fraction of sp³-hybridized carbons (Fsp3) is 0.0667. The lowest BCUT2D eigenvalue weighted by atomic mass is 10.2. The van der Waals surface area contributed by atoms with Gasteiger partial charge in [-0.05, 0) is 12.1 Å². The Morgan fingerprint density at radius 1 is 0.920 bits per heavy atom. The van der Waals surface area contributed by atoms with E-state index in [0.29, 0.717) is 0 Å². The molecule has 2 aromatic rings. The molecule has 0 aliphatic carbocycles. The van der Waals surface area contributed by atoms with Crippen LogP contribution in [-0.4, -0.2) is 28.3 Å². The molecule has 0 unspecified atom stereocenters. The van der Waals surface area contributed by atoms with Crippen LogP contribution in [0.1, 0.15) is 10.4 Å². The van der Waals surface area contributed by atoms with Gasteiger partial charge in [-0.2, -0.15) is 0 Å². The van der Waals surface area contributed by atoms with Gasteiger partial charge in [0.15, 0.2) is 6.61 Å². The minimum absolute atomic E-state index is 0.0563.